The Morgan fingerprint density at radius 3 is 2.65 bits per heavy atom. The van der Waals surface area contributed by atoms with Crippen LogP contribution in [-0.2, 0) is 16.6 Å². The van der Waals surface area contributed by atoms with E-state index in [1.807, 2.05) is 0 Å². The van der Waals surface area contributed by atoms with Gasteiger partial charge in [-0.25, -0.2) is 13.1 Å². The summed E-state index contributed by atoms with van der Waals surface area (Å²) < 4.78 is 28.4. The molecule has 2 aromatic rings. The van der Waals surface area contributed by atoms with Crippen molar-refractivity contribution < 1.29 is 8.42 Å². The highest BCUT2D eigenvalue weighted by Crippen LogP contribution is 2.27. The smallest absolute Gasteiger partial charge is 0.244 e. The van der Waals surface area contributed by atoms with E-state index in [1.54, 1.807) is 29.2 Å². The van der Waals surface area contributed by atoms with Gasteiger partial charge in [-0.1, -0.05) is 11.6 Å². The van der Waals surface area contributed by atoms with Gasteiger partial charge in [-0.05, 0) is 18.2 Å². The first-order valence-corrected chi connectivity index (χ1v) is 9.08. The fourth-order valence-electron chi connectivity index (χ4n) is 2.47. The molecule has 0 amide bonds. The molecule has 9 heteroatoms. The first kappa shape index (κ1) is 16.4. The van der Waals surface area contributed by atoms with Gasteiger partial charge < -0.3 is 11.1 Å². The highest BCUT2D eigenvalue weighted by atomic mass is 35.5. The number of benzene rings is 1. The van der Waals surface area contributed by atoms with Crippen molar-refractivity contribution in [1.82, 2.24) is 19.4 Å². The Balaban J connectivity index is 1.92. The molecule has 0 unspecified atom stereocenters. The van der Waals surface area contributed by atoms with Crippen LogP contribution in [0.15, 0.2) is 35.5 Å². The predicted molar refractivity (Wildman–Crippen MR) is 88.1 cm³/mol. The van der Waals surface area contributed by atoms with E-state index in [-0.39, 0.29) is 9.92 Å². The number of nitrogens with one attached hydrogen (secondary N) is 1. The molecule has 0 aliphatic carbocycles. The van der Waals surface area contributed by atoms with Crippen molar-refractivity contribution in [2.24, 2.45) is 5.73 Å². The Morgan fingerprint density at radius 1 is 1.30 bits per heavy atom. The van der Waals surface area contributed by atoms with Gasteiger partial charge >= 0.3 is 0 Å². The number of sulfonamides is 1. The molecule has 0 saturated carbocycles. The molecule has 3 N–H and O–H groups in total. The third-order valence-electron chi connectivity index (χ3n) is 3.75. The van der Waals surface area contributed by atoms with Gasteiger partial charge in [0, 0.05) is 44.5 Å². The zero-order chi connectivity index (χ0) is 16.4. The van der Waals surface area contributed by atoms with Crippen LogP contribution in [0, 0.1) is 0 Å². The summed E-state index contributed by atoms with van der Waals surface area (Å²) in [4.78, 5) is 0.121. The van der Waals surface area contributed by atoms with Crippen LogP contribution in [0.3, 0.4) is 0 Å². The van der Waals surface area contributed by atoms with Crippen LogP contribution >= 0.6 is 11.6 Å². The van der Waals surface area contributed by atoms with Crippen molar-refractivity contribution in [2.45, 2.75) is 11.4 Å². The van der Waals surface area contributed by atoms with Crippen LogP contribution in [-0.4, -0.2) is 48.7 Å². The van der Waals surface area contributed by atoms with Gasteiger partial charge in [0.25, 0.3) is 0 Å². The molecule has 124 valence electrons. The van der Waals surface area contributed by atoms with Gasteiger partial charge in [-0.2, -0.15) is 9.40 Å². The standard InChI is InChI=1S/C14H18ClN5O2S/c15-13-7-12(20-10-11(8-16)9-18-20)1-2-14(13)23(21,22)19-5-3-17-4-6-19/h1-2,7,9-10,17H,3-6,8,16H2. The minimum atomic E-state index is -3.58. The van der Waals surface area contributed by atoms with Crippen LogP contribution in [0.25, 0.3) is 5.69 Å². The van der Waals surface area contributed by atoms with Crippen molar-refractivity contribution in [3.63, 3.8) is 0 Å². The average Bonchev–Trinajstić information content (AvgIpc) is 3.04. The van der Waals surface area contributed by atoms with Gasteiger partial charge in [0.05, 0.1) is 16.9 Å². The Labute approximate surface area is 140 Å². The first-order chi connectivity index (χ1) is 11.0. The van der Waals surface area contributed by atoms with E-state index in [4.69, 9.17) is 17.3 Å². The maximum atomic E-state index is 12.7. The summed E-state index contributed by atoms with van der Waals surface area (Å²) in [6.07, 6.45) is 3.45. The summed E-state index contributed by atoms with van der Waals surface area (Å²) in [5.74, 6) is 0. The number of piperazine rings is 1. The molecule has 2 heterocycles. The lowest BCUT2D eigenvalue weighted by atomic mass is 10.3. The number of rotatable bonds is 4. The highest BCUT2D eigenvalue weighted by Gasteiger charge is 2.28. The van der Waals surface area contributed by atoms with Crippen LogP contribution < -0.4 is 11.1 Å². The van der Waals surface area contributed by atoms with Crippen molar-refractivity contribution in [1.29, 1.82) is 0 Å². The van der Waals surface area contributed by atoms with E-state index in [2.05, 4.69) is 10.4 Å². The number of hydrogen-bond acceptors (Lipinski definition) is 5. The summed E-state index contributed by atoms with van der Waals surface area (Å²) in [5.41, 5.74) is 7.14. The van der Waals surface area contributed by atoms with Crippen molar-refractivity contribution in [3.05, 3.63) is 41.2 Å². The molecular weight excluding hydrogens is 338 g/mol. The van der Waals surface area contributed by atoms with Gasteiger partial charge in [0.1, 0.15) is 4.90 Å². The molecule has 1 aliphatic rings. The monoisotopic (exact) mass is 355 g/mol. The van der Waals surface area contributed by atoms with Gasteiger partial charge in [-0.15, -0.1) is 0 Å². The van der Waals surface area contributed by atoms with Crippen LogP contribution in [0.2, 0.25) is 5.02 Å². The van der Waals surface area contributed by atoms with E-state index in [1.165, 1.54) is 10.4 Å². The van der Waals surface area contributed by atoms with E-state index in [0.29, 0.717) is 38.4 Å². The summed E-state index contributed by atoms with van der Waals surface area (Å²) in [5, 5.41) is 7.51. The second kappa shape index (κ2) is 6.58. The van der Waals surface area contributed by atoms with Crippen molar-refractivity contribution in [2.75, 3.05) is 26.2 Å². The molecule has 1 aliphatic heterocycles. The number of aromatic nitrogens is 2. The Hall–Kier alpha value is -1.45. The highest BCUT2D eigenvalue weighted by molar-refractivity contribution is 7.89. The number of hydrogen-bond donors (Lipinski definition) is 2. The molecule has 1 saturated heterocycles. The zero-order valence-corrected chi connectivity index (χ0v) is 14.0. The van der Waals surface area contributed by atoms with Crippen LogP contribution in [0.1, 0.15) is 5.56 Å². The van der Waals surface area contributed by atoms with E-state index in [0.717, 1.165) is 5.56 Å². The lowest BCUT2D eigenvalue weighted by Gasteiger charge is -2.27. The summed E-state index contributed by atoms with van der Waals surface area (Å²) in [6.45, 7) is 2.57. The lowest BCUT2D eigenvalue weighted by molar-refractivity contribution is 0.360. The quantitative estimate of drug-likeness (QED) is 0.836. The van der Waals surface area contributed by atoms with E-state index in [9.17, 15) is 8.42 Å². The largest absolute Gasteiger partial charge is 0.326 e. The Kier molecular flexibility index (Phi) is 4.69. The van der Waals surface area contributed by atoms with Gasteiger partial charge in [0.2, 0.25) is 10.0 Å². The average molecular weight is 356 g/mol. The fraction of sp³-hybridized carbons (Fsp3) is 0.357. The third kappa shape index (κ3) is 3.26. The summed E-state index contributed by atoms with van der Waals surface area (Å²) >= 11 is 6.24. The molecule has 1 fully saturated rings. The molecule has 0 atom stereocenters. The van der Waals surface area contributed by atoms with Crippen LogP contribution in [0.4, 0.5) is 0 Å². The molecule has 3 rings (SSSR count). The number of halogens is 1. The Morgan fingerprint density at radius 2 is 2.04 bits per heavy atom. The van der Waals surface area contributed by atoms with Gasteiger partial charge in [-0.3, -0.25) is 0 Å². The van der Waals surface area contributed by atoms with E-state index < -0.39 is 10.0 Å². The van der Waals surface area contributed by atoms with Crippen LogP contribution in [0.5, 0.6) is 0 Å². The van der Waals surface area contributed by atoms with Crippen molar-refractivity contribution >= 4 is 21.6 Å². The molecule has 1 aromatic carbocycles. The molecule has 7 nitrogen and oxygen atoms in total. The lowest BCUT2D eigenvalue weighted by Crippen LogP contribution is -2.46. The minimum Gasteiger partial charge on any atom is -0.326 e. The van der Waals surface area contributed by atoms with Crippen molar-refractivity contribution in [3.8, 4) is 5.69 Å². The SMILES string of the molecule is NCc1cnn(-c2ccc(S(=O)(=O)N3CCNCC3)c(Cl)c2)c1. The molecule has 23 heavy (non-hydrogen) atoms. The summed E-state index contributed by atoms with van der Waals surface area (Å²) in [7, 11) is -3.58. The minimum absolute atomic E-state index is 0.121. The fourth-order valence-corrected chi connectivity index (χ4v) is 4.43. The number of nitrogens with zero attached hydrogens (tertiary/aromatic N) is 3. The second-order valence-corrected chi connectivity index (χ2v) is 7.58. The predicted octanol–water partition coefficient (Wildman–Crippen LogP) is 0.578. The maximum Gasteiger partial charge on any atom is 0.244 e. The molecule has 0 radical (unpaired) electrons. The normalized spacial score (nSPS) is 16.6. The third-order valence-corrected chi connectivity index (χ3v) is 6.13. The molecular formula is C14H18ClN5O2S. The maximum absolute atomic E-state index is 12.7. The zero-order valence-electron chi connectivity index (χ0n) is 12.4. The molecule has 0 bridgehead atoms. The molecule has 1 aromatic heterocycles. The summed E-state index contributed by atoms with van der Waals surface area (Å²) in [6, 6.07) is 4.82. The van der Waals surface area contributed by atoms with E-state index >= 15 is 0 Å². The van der Waals surface area contributed by atoms with Gasteiger partial charge in [0.15, 0.2) is 0 Å². The first-order valence-electron chi connectivity index (χ1n) is 7.27. The Bertz CT molecular complexity index is 799. The number of nitrogens with two attached hydrogens (primary N) is 1. The molecule has 0 spiro atoms. The second-order valence-electron chi connectivity index (χ2n) is 5.27. The topological polar surface area (TPSA) is 93.2 Å².